The molecule has 0 spiro atoms. The fraction of sp³-hybridized carbons (Fsp3) is 0.760. The van der Waals surface area contributed by atoms with Gasteiger partial charge in [0.05, 0.1) is 23.5 Å². The molecule has 0 unspecified atom stereocenters. The molecular formula is C25H38O6. The van der Waals surface area contributed by atoms with Gasteiger partial charge in [-0.25, -0.2) is 0 Å². The monoisotopic (exact) mass is 434 g/mol. The van der Waals surface area contributed by atoms with Crippen LogP contribution in [0.2, 0.25) is 0 Å². The van der Waals surface area contributed by atoms with E-state index in [1.165, 1.54) is 0 Å². The molecule has 0 saturated carbocycles. The minimum atomic E-state index is -1.04. The normalized spacial score (nSPS) is 38.2. The van der Waals surface area contributed by atoms with Crippen LogP contribution in [0.3, 0.4) is 0 Å². The lowest BCUT2D eigenvalue weighted by Gasteiger charge is -2.45. The summed E-state index contributed by atoms with van der Waals surface area (Å²) < 4.78 is 11.5. The summed E-state index contributed by atoms with van der Waals surface area (Å²) in [5, 5.41) is 20.7. The van der Waals surface area contributed by atoms with E-state index in [0.717, 1.165) is 12.0 Å². The van der Waals surface area contributed by atoms with Crippen molar-refractivity contribution < 1.29 is 29.3 Å². The minimum Gasteiger partial charge on any atom is -0.462 e. The molecule has 1 saturated heterocycles. The van der Waals surface area contributed by atoms with Crippen molar-refractivity contribution in [1.29, 1.82) is 0 Å². The molecule has 7 atom stereocenters. The van der Waals surface area contributed by atoms with Gasteiger partial charge in [0, 0.05) is 18.8 Å². The highest BCUT2D eigenvalue weighted by atomic mass is 16.6. The van der Waals surface area contributed by atoms with Crippen LogP contribution in [-0.2, 0) is 19.1 Å². The van der Waals surface area contributed by atoms with E-state index >= 15 is 0 Å². The maximum absolute atomic E-state index is 12.9. The Morgan fingerprint density at radius 3 is 2.71 bits per heavy atom. The van der Waals surface area contributed by atoms with Crippen molar-refractivity contribution in [2.45, 2.75) is 97.1 Å². The van der Waals surface area contributed by atoms with Crippen molar-refractivity contribution in [2.75, 3.05) is 0 Å². The third-order valence-corrected chi connectivity index (χ3v) is 7.36. The van der Waals surface area contributed by atoms with Gasteiger partial charge < -0.3 is 19.7 Å². The van der Waals surface area contributed by atoms with E-state index in [9.17, 15) is 19.8 Å². The van der Waals surface area contributed by atoms with E-state index in [1.807, 2.05) is 26.8 Å². The van der Waals surface area contributed by atoms with Crippen LogP contribution < -0.4 is 0 Å². The van der Waals surface area contributed by atoms with Gasteiger partial charge >= 0.3 is 11.9 Å². The highest BCUT2D eigenvalue weighted by molar-refractivity contribution is 5.76. The Morgan fingerprint density at radius 2 is 2.06 bits per heavy atom. The zero-order chi connectivity index (χ0) is 23.0. The molecule has 2 N–H and O–H groups in total. The number of esters is 2. The first-order valence-corrected chi connectivity index (χ1v) is 11.6. The van der Waals surface area contributed by atoms with Gasteiger partial charge in [0.2, 0.25) is 0 Å². The van der Waals surface area contributed by atoms with Crippen LogP contribution in [0.5, 0.6) is 0 Å². The van der Waals surface area contributed by atoms with Crippen molar-refractivity contribution in [2.24, 2.45) is 23.2 Å². The quantitative estimate of drug-likeness (QED) is 0.619. The van der Waals surface area contributed by atoms with Crippen molar-refractivity contribution in [1.82, 2.24) is 0 Å². The molecule has 0 aromatic heterocycles. The summed E-state index contributed by atoms with van der Waals surface area (Å²) in [6.07, 6.45) is 7.77. The number of allylic oxidation sites excluding steroid dienone is 2. The Balaban J connectivity index is 1.81. The fourth-order valence-corrected chi connectivity index (χ4v) is 5.09. The molecule has 6 nitrogen and oxygen atoms in total. The Bertz CT molecular complexity index is 749. The van der Waals surface area contributed by atoms with Gasteiger partial charge in [0.15, 0.2) is 0 Å². The fourth-order valence-electron chi connectivity index (χ4n) is 5.09. The molecule has 1 heterocycles. The van der Waals surface area contributed by atoms with Gasteiger partial charge in [0.25, 0.3) is 0 Å². The standard InChI is InChI=1S/C25H38O6/c1-6-24(3,4)23(28)31-20-14-25(5,29)13-16-8-7-15(2)19(22(16)20)10-9-18-11-17(26)12-21(27)30-18/h7-8,13,15,17-20,22,26,29H,6,9-12,14H2,1-5H3/t15-,17+,18+,19-,20+,22-,25-/m0/s1. The maximum Gasteiger partial charge on any atom is 0.311 e. The largest absolute Gasteiger partial charge is 0.462 e. The highest BCUT2D eigenvalue weighted by Crippen LogP contribution is 2.46. The zero-order valence-electron chi connectivity index (χ0n) is 19.5. The third-order valence-electron chi connectivity index (χ3n) is 7.36. The molecule has 0 aromatic carbocycles. The van der Waals surface area contributed by atoms with Crippen LogP contribution in [-0.4, -0.2) is 46.1 Å². The number of ether oxygens (including phenoxy) is 2. The predicted octanol–water partition coefficient (Wildman–Crippen LogP) is 3.70. The molecule has 0 amide bonds. The maximum atomic E-state index is 12.9. The molecule has 174 valence electrons. The van der Waals surface area contributed by atoms with Gasteiger partial charge in [-0.1, -0.05) is 26.0 Å². The van der Waals surface area contributed by atoms with E-state index in [2.05, 4.69) is 19.1 Å². The second-order valence-electron chi connectivity index (χ2n) is 10.6. The van der Waals surface area contributed by atoms with Crippen LogP contribution in [0.15, 0.2) is 23.8 Å². The topological polar surface area (TPSA) is 93.1 Å². The molecule has 6 heteroatoms. The first-order chi connectivity index (χ1) is 14.4. The van der Waals surface area contributed by atoms with Crippen molar-refractivity contribution in [3.05, 3.63) is 23.8 Å². The number of aliphatic hydroxyl groups is 2. The smallest absolute Gasteiger partial charge is 0.311 e. The molecule has 0 aromatic rings. The summed E-state index contributed by atoms with van der Waals surface area (Å²) in [7, 11) is 0. The molecule has 0 radical (unpaired) electrons. The second-order valence-corrected chi connectivity index (χ2v) is 10.6. The van der Waals surface area contributed by atoms with E-state index in [-0.39, 0.29) is 42.2 Å². The molecule has 31 heavy (non-hydrogen) atoms. The minimum absolute atomic E-state index is 0.0129. The Hall–Kier alpha value is -1.66. The molecule has 1 fully saturated rings. The summed E-state index contributed by atoms with van der Waals surface area (Å²) in [5.41, 5.74) is -0.608. The van der Waals surface area contributed by atoms with E-state index in [0.29, 0.717) is 25.7 Å². The van der Waals surface area contributed by atoms with Crippen LogP contribution in [0.4, 0.5) is 0 Å². The summed E-state index contributed by atoms with van der Waals surface area (Å²) >= 11 is 0. The zero-order valence-corrected chi connectivity index (χ0v) is 19.5. The average Bonchev–Trinajstić information content (AvgIpc) is 2.66. The third kappa shape index (κ3) is 5.58. The number of hydrogen-bond donors (Lipinski definition) is 2. The number of rotatable bonds is 6. The summed E-state index contributed by atoms with van der Waals surface area (Å²) in [6, 6.07) is 0. The molecule has 2 aliphatic carbocycles. The van der Waals surface area contributed by atoms with Crippen LogP contribution in [0.25, 0.3) is 0 Å². The Kier molecular flexibility index (Phi) is 7.02. The lowest BCUT2D eigenvalue weighted by Crippen LogP contribution is -2.47. The second kappa shape index (κ2) is 9.07. The number of fused-ring (bicyclic) bond motifs is 1. The van der Waals surface area contributed by atoms with Crippen molar-refractivity contribution in [3.8, 4) is 0 Å². The van der Waals surface area contributed by atoms with Crippen molar-refractivity contribution >= 4 is 11.9 Å². The van der Waals surface area contributed by atoms with E-state index < -0.39 is 23.2 Å². The summed E-state index contributed by atoms with van der Waals surface area (Å²) in [4.78, 5) is 24.6. The van der Waals surface area contributed by atoms with Crippen LogP contribution in [0.1, 0.15) is 73.1 Å². The van der Waals surface area contributed by atoms with Crippen LogP contribution in [0, 0.1) is 23.2 Å². The number of hydrogen-bond acceptors (Lipinski definition) is 6. The molecule has 3 rings (SSSR count). The summed E-state index contributed by atoms with van der Waals surface area (Å²) in [5.74, 6) is -0.144. The first-order valence-electron chi connectivity index (χ1n) is 11.6. The lowest BCUT2D eigenvalue weighted by molar-refractivity contribution is -0.168. The molecule has 0 bridgehead atoms. The van der Waals surface area contributed by atoms with Crippen LogP contribution >= 0.6 is 0 Å². The van der Waals surface area contributed by atoms with Gasteiger partial charge in [-0.2, -0.15) is 0 Å². The molecular weight excluding hydrogens is 396 g/mol. The van der Waals surface area contributed by atoms with Gasteiger partial charge in [-0.3, -0.25) is 9.59 Å². The average molecular weight is 435 g/mol. The predicted molar refractivity (Wildman–Crippen MR) is 117 cm³/mol. The van der Waals surface area contributed by atoms with Crippen molar-refractivity contribution in [3.63, 3.8) is 0 Å². The highest BCUT2D eigenvalue weighted by Gasteiger charge is 2.46. The van der Waals surface area contributed by atoms with Gasteiger partial charge in [-0.15, -0.1) is 0 Å². The number of cyclic esters (lactones) is 1. The SMILES string of the molecule is CCC(C)(C)C(=O)O[C@@H]1C[C@@](C)(O)C=C2C=C[C@H](C)[C@H](CC[C@@H]3C[C@@H](O)CC(=O)O3)[C@H]21. The number of carbonyl (C=O) groups is 2. The van der Waals surface area contributed by atoms with Gasteiger partial charge in [-0.05, 0) is 63.5 Å². The first kappa shape index (κ1) is 24.0. The van der Waals surface area contributed by atoms with Gasteiger partial charge in [0.1, 0.15) is 12.2 Å². The Morgan fingerprint density at radius 1 is 1.35 bits per heavy atom. The number of carbonyl (C=O) groups excluding carboxylic acids is 2. The van der Waals surface area contributed by atoms with E-state index in [4.69, 9.17) is 9.47 Å². The molecule has 1 aliphatic heterocycles. The number of aliphatic hydroxyl groups excluding tert-OH is 1. The Labute approximate surface area is 185 Å². The molecule has 3 aliphatic rings. The summed E-state index contributed by atoms with van der Waals surface area (Å²) in [6.45, 7) is 9.65. The van der Waals surface area contributed by atoms with E-state index in [1.54, 1.807) is 6.92 Å². The lowest BCUT2D eigenvalue weighted by atomic mass is 9.64.